The molecule has 0 saturated carbocycles. The summed E-state index contributed by atoms with van der Waals surface area (Å²) in [5, 5.41) is 0. The van der Waals surface area contributed by atoms with Gasteiger partial charge < -0.3 is 10.6 Å². The lowest BCUT2D eigenvalue weighted by Crippen LogP contribution is -2.55. The van der Waals surface area contributed by atoms with E-state index >= 15 is 0 Å². The van der Waals surface area contributed by atoms with Gasteiger partial charge in [0.05, 0.1) is 0 Å². The van der Waals surface area contributed by atoms with Gasteiger partial charge in [0, 0.05) is 43.1 Å². The fourth-order valence-electron chi connectivity index (χ4n) is 3.10. The van der Waals surface area contributed by atoms with E-state index in [9.17, 15) is 0 Å². The van der Waals surface area contributed by atoms with Gasteiger partial charge in [-0.1, -0.05) is 0 Å². The van der Waals surface area contributed by atoms with Crippen LogP contribution in [0.15, 0.2) is 18.3 Å². The second kappa shape index (κ2) is 4.18. The highest BCUT2D eigenvalue weighted by molar-refractivity contribution is 5.51. The molecule has 2 N–H and O–H groups in total. The van der Waals surface area contributed by atoms with Crippen LogP contribution in [0.5, 0.6) is 0 Å². The quantitative estimate of drug-likeness (QED) is 0.793. The summed E-state index contributed by atoms with van der Waals surface area (Å²) in [6.07, 6.45) is 4.47. The van der Waals surface area contributed by atoms with Crippen molar-refractivity contribution in [3.05, 3.63) is 18.3 Å². The molecule has 2 unspecified atom stereocenters. The van der Waals surface area contributed by atoms with Crippen LogP contribution < -0.4 is 10.6 Å². The maximum atomic E-state index is 5.84. The second-order valence-electron chi connectivity index (χ2n) is 5.24. The minimum Gasteiger partial charge on any atom is -0.399 e. The smallest absolute Gasteiger partial charge is 0.130 e. The lowest BCUT2D eigenvalue weighted by molar-refractivity contribution is 0.202. The summed E-state index contributed by atoms with van der Waals surface area (Å²) in [4.78, 5) is 9.48. The fraction of sp³-hybridized carbons (Fsp3) is 0.615. The molecule has 4 nitrogen and oxygen atoms in total. The molecule has 1 aromatic rings. The van der Waals surface area contributed by atoms with Crippen LogP contribution in [-0.4, -0.2) is 41.6 Å². The van der Waals surface area contributed by atoms with Gasteiger partial charge in [-0.25, -0.2) is 4.98 Å². The number of nitrogens with zero attached hydrogens (tertiary/aromatic N) is 3. The lowest BCUT2D eigenvalue weighted by Gasteiger charge is -2.43. The van der Waals surface area contributed by atoms with E-state index in [1.165, 1.54) is 19.4 Å². The molecule has 0 aliphatic carbocycles. The first-order chi connectivity index (χ1) is 8.24. The van der Waals surface area contributed by atoms with Crippen LogP contribution in [0.3, 0.4) is 0 Å². The fourth-order valence-corrected chi connectivity index (χ4v) is 3.10. The van der Waals surface area contributed by atoms with Gasteiger partial charge in [-0.3, -0.25) is 4.90 Å². The molecular weight excluding hydrogens is 212 g/mol. The van der Waals surface area contributed by atoms with Gasteiger partial charge in [-0.15, -0.1) is 0 Å². The topological polar surface area (TPSA) is 45.4 Å². The average molecular weight is 232 g/mol. The van der Waals surface area contributed by atoms with E-state index in [-0.39, 0.29) is 0 Å². The predicted octanol–water partition coefficient (Wildman–Crippen LogP) is 1.34. The summed E-state index contributed by atoms with van der Waals surface area (Å²) in [5.41, 5.74) is 6.64. The van der Waals surface area contributed by atoms with Gasteiger partial charge in [0.2, 0.25) is 0 Å². The number of anilines is 2. The lowest BCUT2D eigenvalue weighted by atomic mass is 10.1. The highest BCUT2D eigenvalue weighted by atomic mass is 15.3. The Labute approximate surface area is 102 Å². The summed E-state index contributed by atoms with van der Waals surface area (Å²) < 4.78 is 0. The van der Waals surface area contributed by atoms with E-state index in [1.54, 1.807) is 6.20 Å². The Bertz CT molecular complexity index is 406. The molecule has 0 bridgehead atoms. The molecule has 17 heavy (non-hydrogen) atoms. The molecule has 1 aromatic heterocycles. The second-order valence-corrected chi connectivity index (χ2v) is 5.24. The van der Waals surface area contributed by atoms with Gasteiger partial charge >= 0.3 is 0 Å². The van der Waals surface area contributed by atoms with Crippen molar-refractivity contribution in [2.24, 2.45) is 0 Å². The highest BCUT2D eigenvalue weighted by Crippen LogP contribution is 2.28. The average Bonchev–Trinajstić information content (AvgIpc) is 2.75. The molecule has 0 aromatic carbocycles. The standard InChI is InChI=1S/C13H20N4/c1-10-8-16-6-2-3-12(16)9-17(10)13-7-11(14)4-5-15-13/h4-5,7,10,12H,2-3,6,8-9H2,1H3,(H2,14,15). The Morgan fingerprint density at radius 1 is 1.41 bits per heavy atom. The zero-order chi connectivity index (χ0) is 11.8. The van der Waals surface area contributed by atoms with Crippen molar-refractivity contribution in [1.29, 1.82) is 0 Å². The van der Waals surface area contributed by atoms with Crippen molar-refractivity contribution < 1.29 is 0 Å². The van der Waals surface area contributed by atoms with Crippen molar-refractivity contribution in [3.8, 4) is 0 Å². The Balaban J connectivity index is 1.83. The first-order valence-electron chi connectivity index (χ1n) is 6.46. The van der Waals surface area contributed by atoms with E-state index in [0.717, 1.165) is 30.6 Å². The number of aromatic nitrogens is 1. The molecule has 2 fully saturated rings. The van der Waals surface area contributed by atoms with Crippen molar-refractivity contribution in [2.75, 3.05) is 30.3 Å². The van der Waals surface area contributed by atoms with Crippen LogP contribution in [-0.2, 0) is 0 Å². The van der Waals surface area contributed by atoms with E-state index in [1.807, 2.05) is 12.1 Å². The first kappa shape index (κ1) is 10.8. The first-order valence-corrected chi connectivity index (χ1v) is 6.46. The molecule has 4 heteroatoms. The van der Waals surface area contributed by atoms with Crippen LogP contribution >= 0.6 is 0 Å². The normalized spacial score (nSPS) is 29.4. The predicted molar refractivity (Wildman–Crippen MR) is 70.1 cm³/mol. The monoisotopic (exact) mass is 232 g/mol. The molecule has 92 valence electrons. The summed E-state index contributed by atoms with van der Waals surface area (Å²) in [5.74, 6) is 1.03. The number of pyridine rings is 1. The number of nitrogen functional groups attached to an aromatic ring is 1. The highest BCUT2D eigenvalue weighted by Gasteiger charge is 2.34. The van der Waals surface area contributed by atoms with Gasteiger partial charge in [-0.2, -0.15) is 0 Å². The molecule has 2 saturated heterocycles. The molecule has 0 radical (unpaired) electrons. The van der Waals surface area contributed by atoms with E-state index in [4.69, 9.17) is 5.73 Å². The number of fused-ring (bicyclic) bond motifs is 1. The molecule has 0 spiro atoms. The summed E-state index contributed by atoms with van der Waals surface area (Å²) in [7, 11) is 0. The SMILES string of the molecule is CC1CN2CCCC2CN1c1cc(N)ccn1. The van der Waals surface area contributed by atoms with Gasteiger partial charge in [-0.05, 0) is 32.4 Å². The Hall–Kier alpha value is -1.29. The van der Waals surface area contributed by atoms with Gasteiger partial charge in [0.25, 0.3) is 0 Å². The third-order valence-corrected chi connectivity index (χ3v) is 4.00. The number of piperazine rings is 1. The maximum Gasteiger partial charge on any atom is 0.130 e. The zero-order valence-corrected chi connectivity index (χ0v) is 10.3. The largest absolute Gasteiger partial charge is 0.399 e. The van der Waals surface area contributed by atoms with E-state index in [2.05, 4.69) is 21.7 Å². The van der Waals surface area contributed by atoms with Crippen molar-refractivity contribution in [1.82, 2.24) is 9.88 Å². The molecule has 2 aliphatic heterocycles. The maximum absolute atomic E-state index is 5.84. The van der Waals surface area contributed by atoms with Gasteiger partial charge in [0.15, 0.2) is 0 Å². The third-order valence-electron chi connectivity index (χ3n) is 4.00. The molecule has 2 aliphatic rings. The van der Waals surface area contributed by atoms with Crippen LogP contribution in [0.2, 0.25) is 0 Å². The van der Waals surface area contributed by atoms with Crippen molar-refractivity contribution >= 4 is 11.5 Å². The van der Waals surface area contributed by atoms with Crippen molar-refractivity contribution in [2.45, 2.75) is 31.8 Å². The number of hydrogen-bond donors (Lipinski definition) is 1. The Morgan fingerprint density at radius 2 is 2.29 bits per heavy atom. The minimum atomic E-state index is 0.527. The molecule has 2 atom stereocenters. The van der Waals surface area contributed by atoms with Crippen LogP contribution in [0.1, 0.15) is 19.8 Å². The van der Waals surface area contributed by atoms with Crippen LogP contribution in [0.25, 0.3) is 0 Å². The Morgan fingerprint density at radius 3 is 3.12 bits per heavy atom. The van der Waals surface area contributed by atoms with Crippen LogP contribution in [0.4, 0.5) is 11.5 Å². The van der Waals surface area contributed by atoms with Crippen molar-refractivity contribution in [3.63, 3.8) is 0 Å². The molecule has 3 heterocycles. The van der Waals surface area contributed by atoms with Gasteiger partial charge in [0.1, 0.15) is 5.82 Å². The minimum absolute atomic E-state index is 0.527. The van der Waals surface area contributed by atoms with E-state index in [0.29, 0.717) is 6.04 Å². The number of hydrogen-bond acceptors (Lipinski definition) is 4. The van der Waals surface area contributed by atoms with E-state index < -0.39 is 0 Å². The summed E-state index contributed by atoms with van der Waals surface area (Å²) in [6, 6.07) is 5.08. The number of nitrogens with two attached hydrogens (primary N) is 1. The summed E-state index contributed by atoms with van der Waals surface area (Å²) >= 11 is 0. The molecule has 3 rings (SSSR count). The number of rotatable bonds is 1. The molecular formula is C13H20N4. The summed E-state index contributed by atoms with van der Waals surface area (Å²) in [6.45, 7) is 5.80. The zero-order valence-electron chi connectivity index (χ0n) is 10.3. The third kappa shape index (κ3) is 1.97. The van der Waals surface area contributed by atoms with Crippen LogP contribution in [0, 0.1) is 0 Å². The molecule has 0 amide bonds. The Kier molecular flexibility index (Phi) is 2.67.